The van der Waals surface area contributed by atoms with Crippen molar-refractivity contribution in [2.24, 2.45) is 0 Å². The number of barbiturate groups is 1. The average molecular weight is 582 g/mol. The standard InChI is InChI=1S/C28H21Cl2N3O7/c1-15-4-3-5-18(10-15)31-23(34)14-40-24-21(29)12-16(13-22(24)30)11-20-25(35)32-28(38)33(26(20)36)19-8-6-17(7-9-19)27(37)39-2/h3-13H,14H2,1-2H3,(H,31,34)(H,32,35,38)/b20-11-. The number of urea groups is 1. The largest absolute Gasteiger partial charge is 0.481 e. The highest BCUT2D eigenvalue weighted by atomic mass is 35.5. The number of benzene rings is 3. The second-order valence-corrected chi connectivity index (χ2v) is 9.33. The lowest BCUT2D eigenvalue weighted by molar-refractivity contribution is -0.122. The van der Waals surface area contributed by atoms with Crippen LogP contribution >= 0.6 is 23.2 Å². The molecule has 1 heterocycles. The Labute approximate surface area is 238 Å². The fraction of sp³-hybridized carbons (Fsp3) is 0.107. The molecule has 1 fully saturated rings. The fourth-order valence-corrected chi connectivity index (χ4v) is 4.39. The van der Waals surface area contributed by atoms with E-state index in [4.69, 9.17) is 27.9 Å². The number of nitrogens with zero attached hydrogens (tertiary/aromatic N) is 1. The number of anilines is 2. The Bertz CT molecular complexity index is 1550. The first-order chi connectivity index (χ1) is 19.1. The molecule has 1 aliphatic rings. The van der Waals surface area contributed by atoms with Gasteiger partial charge in [-0.3, -0.25) is 19.7 Å². The summed E-state index contributed by atoms with van der Waals surface area (Å²) in [5.74, 6) is -2.81. The number of carbonyl (C=O) groups excluding carboxylic acids is 5. The molecule has 5 amide bonds. The van der Waals surface area contributed by atoms with E-state index in [-0.39, 0.29) is 44.8 Å². The minimum absolute atomic E-state index is 0.0257. The lowest BCUT2D eigenvalue weighted by Crippen LogP contribution is -2.54. The number of halogens is 2. The summed E-state index contributed by atoms with van der Waals surface area (Å²) in [6.07, 6.45) is 1.21. The second-order valence-electron chi connectivity index (χ2n) is 8.52. The molecule has 3 aromatic carbocycles. The minimum Gasteiger partial charge on any atom is -0.481 e. The van der Waals surface area contributed by atoms with Crippen LogP contribution < -0.4 is 20.3 Å². The zero-order valence-electron chi connectivity index (χ0n) is 21.1. The van der Waals surface area contributed by atoms with Gasteiger partial charge in [-0.25, -0.2) is 14.5 Å². The molecular weight excluding hydrogens is 561 g/mol. The predicted octanol–water partition coefficient (Wildman–Crippen LogP) is 4.77. The van der Waals surface area contributed by atoms with Crippen LogP contribution in [0.4, 0.5) is 16.2 Å². The average Bonchev–Trinajstić information content (AvgIpc) is 2.90. The van der Waals surface area contributed by atoms with E-state index >= 15 is 0 Å². The van der Waals surface area contributed by atoms with Gasteiger partial charge in [0.1, 0.15) is 5.57 Å². The number of aryl methyl sites for hydroxylation is 1. The Morgan fingerprint density at radius 1 is 1.00 bits per heavy atom. The minimum atomic E-state index is -0.957. The number of ether oxygens (including phenoxy) is 2. The van der Waals surface area contributed by atoms with E-state index in [1.165, 1.54) is 49.6 Å². The molecule has 0 aromatic heterocycles. The summed E-state index contributed by atoms with van der Waals surface area (Å²) >= 11 is 12.7. The topological polar surface area (TPSA) is 131 Å². The molecule has 0 radical (unpaired) electrons. The molecule has 0 saturated carbocycles. The van der Waals surface area contributed by atoms with Crippen LogP contribution in [0.15, 0.2) is 66.2 Å². The summed E-state index contributed by atoms with van der Waals surface area (Å²) in [5.41, 5.74) is 1.81. The van der Waals surface area contributed by atoms with Gasteiger partial charge in [-0.2, -0.15) is 0 Å². The Morgan fingerprint density at radius 2 is 1.68 bits per heavy atom. The third-order valence-corrected chi connectivity index (χ3v) is 6.19. The molecule has 4 rings (SSSR count). The summed E-state index contributed by atoms with van der Waals surface area (Å²) < 4.78 is 10.2. The number of hydrogen-bond acceptors (Lipinski definition) is 7. The van der Waals surface area contributed by atoms with Crippen LogP contribution in [0.25, 0.3) is 6.08 Å². The van der Waals surface area contributed by atoms with E-state index in [1.54, 1.807) is 18.2 Å². The van der Waals surface area contributed by atoms with Gasteiger partial charge in [0, 0.05) is 5.69 Å². The highest BCUT2D eigenvalue weighted by Gasteiger charge is 2.37. The molecule has 0 bridgehead atoms. The number of esters is 1. The van der Waals surface area contributed by atoms with E-state index in [0.29, 0.717) is 5.69 Å². The van der Waals surface area contributed by atoms with Crippen LogP contribution in [0.5, 0.6) is 5.75 Å². The molecule has 3 aromatic rings. The summed E-state index contributed by atoms with van der Waals surface area (Å²) in [4.78, 5) is 62.9. The van der Waals surface area contributed by atoms with Crippen molar-refractivity contribution in [2.75, 3.05) is 23.9 Å². The van der Waals surface area contributed by atoms with Crippen molar-refractivity contribution in [1.82, 2.24) is 5.32 Å². The van der Waals surface area contributed by atoms with Gasteiger partial charge in [-0.15, -0.1) is 0 Å². The first-order valence-corrected chi connectivity index (χ1v) is 12.4. The Hall–Kier alpha value is -4.67. The van der Waals surface area contributed by atoms with Gasteiger partial charge in [0.05, 0.1) is 28.4 Å². The molecular formula is C28H21Cl2N3O7. The molecule has 12 heteroatoms. The maximum atomic E-state index is 13.2. The molecule has 1 saturated heterocycles. The molecule has 0 aliphatic carbocycles. The van der Waals surface area contributed by atoms with Gasteiger partial charge in [-0.05, 0) is 72.7 Å². The fourth-order valence-electron chi connectivity index (χ4n) is 3.78. The lowest BCUT2D eigenvalue weighted by atomic mass is 10.1. The molecule has 10 nitrogen and oxygen atoms in total. The van der Waals surface area contributed by atoms with Gasteiger partial charge in [0.2, 0.25) is 0 Å². The first kappa shape index (κ1) is 28.3. The number of carbonyl (C=O) groups is 5. The normalized spacial score (nSPS) is 14.2. The van der Waals surface area contributed by atoms with Crippen molar-refractivity contribution in [3.8, 4) is 5.75 Å². The molecule has 40 heavy (non-hydrogen) atoms. The molecule has 2 N–H and O–H groups in total. The Kier molecular flexibility index (Phi) is 8.52. The summed E-state index contributed by atoms with van der Waals surface area (Å²) in [6, 6.07) is 14.5. The van der Waals surface area contributed by atoms with Gasteiger partial charge >= 0.3 is 12.0 Å². The van der Waals surface area contributed by atoms with E-state index in [9.17, 15) is 24.0 Å². The van der Waals surface area contributed by atoms with Crippen LogP contribution in [0.1, 0.15) is 21.5 Å². The molecule has 0 atom stereocenters. The number of imide groups is 2. The number of rotatable bonds is 7. The highest BCUT2D eigenvalue weighted by Crippen LogP contribution is 2.35. The third-order valence-electron chi connectivity index (χ3n) is 5.63. The van der Waals surface area contributed by atoms with Crippen LogP contribution in [-0.2, 0) is 19.1 Å². The summed E-state index contributed by atoms with van der Waals surface area (Å²) in [5, 5.41) is 4.86. The van der Waals surface area contributed by atoms with Crippen molar-refractivity contribution in [3.05, 3.63) is 93.0 Å². The highest BCUT2D eigenvalue weighted by molar-refractivity contribution is 6.40. The zero-order valence-corrected chi connectivity index (χ0v) is 22.6. The van der Waals surface area contributed by atoms with Gasteiger partial charge in [0.15, 0.2) is 12.4 Å². The summed E-state index contributed by atoms with van der Waals surface area (Å²) in [7, 11) is 1.22. The van der Waals surface area contributed by atoms with Crippen molar-refractivity contribution < 1.29 is 33.4 Å². The predicted molar refractivity (Wildman–Crippen MR) is 149 cm³/mol. The van der Waals surface area contributed by atoms with Crippen molar-refractivity contribution in [2.45, 2.75) is 6.92 Å². The van der Waals surface area contributed by atoms with Crippen molar-refractivity contribution in [3.63, 3.8) is 0 Å². The van der Waals surface area contributed by atoms with Crippen LogP contribution in [0.2, 0.25) is 10.0 Å². The van der Waals surface area contributed by atoms with E-state index < -0.39 is 29.7 Å². The lowest BCUT2D eigenvalue weighted by Gasteiger charge is -2.26. The Morgan fingerprint density at radius 3 is 2.30 bits per heavy atom. The maximum Gasteiger partial charge on any atom is 0.337 e. The SMILES string of the molecule is COC(=O)c1ccc(N2C(=O)NC(=O)/C(=C/c3cc(Cl)c(OCC(=O)Nc4cccc(C)c4)c(Cl)c3)C2=O)cc1. The molecule has 0 spiro atoms. The van der Waals surface area contributed by atoms with E-state index in [2.05, 4.69) is 15.4 Å². The smallest absolute Gasteiger partial charge is 0.337 e. The van der Waals surface area contributed by atoms with Gasteiger partial charge < -0.3 is 14.8 Å². The first-order valence-electron chi connectivity index (χ1n) is 11.7. The number of methoxy groups -OCH3 is 1. The van der Waals surface area contributed by atoms with Gasteiger partial charge in [0.25, 0.3) is 17.7 Å². The van der Waals surface area contributed by atoms with Crippen molar-refractivity contribution >= 4 is 70.4 Å². The van der Waals surface area contributed by atoms with E-state index in [1.807, 2.05) is 13.0 Å². The number of nitrogens with one attached hydrogen (secondary N) is 2. The number of amides is 5. The monoisotopic (exact) mass is 581 g/mol. The quantitative estimate of drug-likeness (QED) is 0.233. The van der Waals surface area contributed by atoms with E-state index in [0.717, 1.165) is 10.5 Å². The molecule has 1 aliphatic heterocycles. The molecule has 204 valence electrons. The van der Waals surface area contributed by atoms with Crippen molar-refractivity contribution in [1.29, 1.82) is 0 Å². The van der Waals surface area contributed by atoms with Gasteiger partial charge in [-0.1, -0.05) is 35.3 Å². The molecule has 0 unspecified atom stereocenters. The zero-order chi connectivity index (χ0) is 29.0. The van der Waals surface area contributed by atoms with Crippen LogP contribution in [0.3, 0.4) is 0 Å². The second kappa shape index (κ2) is 12.0. The van der Waals surface area contributed by atoms with Crippen LogP contribution in [-0.4, -0.2) is 43.4 Å². The number of hydrogen-bond donors (Lipinski definition) is 2. The summed E-state index contributed by atoms with van der Waals surface area (Å²) in [6.45, 7) is 1.52. The third kappa shape index (κ3) is 6.31. The Balaban J connectivity index is 1.52. The maximum absolute atomic E-state index is 13.2. The van der Waals surface area contributed by atoms with Crippen LogP contribution in [0, 0.1) is 6.92 Å².